The molecule has 0 unspecified atom stereocenters. The van der Waals surface area contributed by atoms with Gasteiger partial charge in [-0.25, -0.2) is 9.37 Å². The van der Waals surface area contributed by atoms with Gasteiger partial charge in [-0.2, -0.15) is 0 Å². The summed E-state index contributed by atoms with van der Waals surface area (Å²) in [7, 11) is 0. The fourth-order valence-corrected chi connectivity index (χ4v) is 5.08. The summed E-state index contributed by atoms with van der Waals surface area (Å²) in [5.74, 6) is 1.21. The number of anilines is 1. The molecule has 2 N–H and O–H groups in total. The molecule has 6 nitrogen and oxygen atoms in total. The first-order valence-corrected chi connectivity index (χ1v) is 11.6. The molecule has 0 amide bonds. The summed E-state index contributed by atoms with van der Waals surface area (Å²) >= 11 is 1.39. The molecule has 1 saturated carbocycles. The molecule has 2 fully saturated rings. The van der Waals surface area contributed by atoms with Crippen molar-refractivity contribution in [1.29, 1.82) is 0 Å². The molecule has 1 aromatic carbocycles. The Kier molecular flexibility index (Phi) is 5.35. The van der Waals surface area contributed by atoms with Gasteiger partial charge in [0.2, 0.25) is 0 Å². The number of halogens is 1. The Morgan fingerprint density at radius 3 is 2.71 bits per heavy atom. The Labute approximate surface area is 185 Å². The molecule has 2 aliphatic rings. The largest absolute Gasteiger partial charge is 0.507 e. The Hall–Kier alpha value is -2.58. The topological polar surface area (TPSA) is 74.2 Å². The zero-order chi connectivity index (χ0) is 21.5. The van der Waals surface area contributed by atoms with Crippen LogP contribution in [0.15, 0.2) is 30.5 Å². The van der Waals surface area contributed by atoms with Gasteiger partial charge in [-0.15, -0.1) is 21.5 Å². The number of rotatable bonds is 6. The molecule has 0 radical (unpaired) electrons. The van der Waals surface area contributed by atoms with Crippen molar-refractivity contribution in [2.24, 2.45) is 5.92 Å². The van der Waals surface area contributed by atoms with Crippen molar-refractivity contribution in [3.63, 3.8) is 0 Å². The molecule has 2 aromatic heterocycles. The van der Waals surface area contributed by atoms with Crippen LogP contribution in [0.1, 0.15) is 31.2 Å². The normalized spacial score (nSPS) is 19.7. The van der Waals surface area contributed by atoms with Crippen molar-refractivity contribution in [1.82, 2.24) is 20.5 Å². The lowest BCUT2D eigenvalue weighted by Gasteiger charge is -2.20. The molecule has 3 heterocycles. The monoisotopic (exact) mass is 439 g/mol. The molecule has 1 aliphatic carbocycles. The Morgan fingerprint density at radius 2 is 2.03 bits per heavy atom. The van der Waals surface area contributed by atoms with Crippen LogP contribution in [-0.4, -0.2) is 45.5 Å². The van der Waals surface area contributed by atoms with Crippen LogP contribution in [0.5, 0.6) is 5.75 Å². The van der Waals surface area contributed by atoms with Crippen LogP contribution in [-0.2, 0) is 0 Å². The minimum Gasteiger partial charge on any atom is -0.507 e. The summed E-state index contributed by atoms with van der Waals surface area (Å²) in [6.45, 7) is 5.99. The van der Waals surface area contributed by atoms with E-state index < -0.39 is 5.82 Å². The molecule has 2 atom stereocenters. The third kappa shape index (κ3) is 4.27. The average Bonchev–Trinajstić information content (AvgIpc) is 3.38. The molecule has 162 valence electrons. The van der Waals surface area contributed by atoms with Crippen molar-refractivity contribution in [2.45, 2.75) is 45.2 Å². The van der Waals surface area contributed by atoms with E-state index in [9.17, 15) is 9.50 Å². The van der Waals surface area contributed by atoms with Gasteiger partial charge in [0.1, 0.15) is 11.6 Å². The second-order valence-corrected chi connectivity index (χ2v) is 9.83. The summed E-state index contributed by atoms with van der Waals surface area (Å²) < 4.78 is 14.7. The van der Waals surface area contributed by atoms with Crippen molar-refractivity contribution >= 4 is 17.2 Å². The van der Waals surface area contributed by atoms with E-state index in [-0.39, 0.29) is 5.75 Å². The first-order valence-electron chi connectivity index (χ1n) is 10.8. The fraction of sp³-hybridized carbons (Fsp3) is 0.435. The van der Waals surface area contributed by atoms with Crippen LogP contribution in [0.3, 0.4) is 0 Å². The van der Waals surface area contributed by atoms with Crippen molar-refractivity contribution in [3.05, 3.63) is 41.3 Å². The van der Waals surface area contributed by atoms with Crippen LogP contribution >= 0.6 is 11.3 Å². The van der Waals surface area contributed by atoms with E-state index in [1.807, 2.05) is 13.0 Å². The number of thiazole rings is 1. The lowest BCUT2D eigenvalue weighted by atomic mass is 10.1. The van der Waals surface area contributed by atoms with E-state index in [4.69, 9.17) is 0 Å². The van der Waals surface area contributed by atoms with Crippen LogP contribution in [0.4, 0.5) is 10.2 Å². The lowest BCUT2D eigenvalue weighted by molar-refractivity contribution is 0.433. The highest BCUT2D eigenvalue weighted by molar-refractivity contribution is 7.15. The minimum absolute atomic E-state index is 0.0241. The van der Waals surface area contributed by atoms with Crippen molar-refractivity contribution in [3.8, 4) is 27.4 Å². The molecule has 0 bridgehead atoms. The molecule has 0 spiro atoms. The van der Waals surface area contributed by atoms with Crippen LogP contribution in [0, 0.1) is 18.7 Å². The van der Waals surface area contributed by atoms with Crippen molar-refractivity contribution < 1.29 is 9.50 Å². The van der Waals surface area contributed by atoms with Gasteiger partial charge < -0.3 is 15.3 Å². The van der Waals surface area contributed by atoms with Gasteiger partial charge in [0.15, 0.2) is 5.82 Å². The number of aromatic hydroxyl groups is 1. The minimum atomic E-state index is -0.416. The molecule has 3 aromatic rings. The van der Waals surface area contributed by atoms with Gasteiger partial charge in [-0.3, -0.25) is 0 Å². The van der Waals surface area contributed by atoms with Gasteiger partial charge in [0.25, 0.3) is 0 Å². The predicted molar refractivity (Wildman–Crippen MR) is 121 cm³/mol. The number of aryl methyl sites for hydroxylation is 1. The molecular weight excluding hydrogens is 413 g/mol. The standard InChI is InChI=1S/C23H26FN5OS/c1-13(15-3-4-15)26-16-7-8-29(12-16)23-6-5-20(27-28-23)18-9-19(24)17(10-21(18)30)22-11-25-14(2)31-22/h5-6,9-11,13,15-16,26,30H,3-4,7-8,12H2,1-2H3/t13-,16+/m1/s1. The first kappa shape index (κ1) is 20.3. The number of phenolic OH excluding ortho intramolecular Hbond substituents is 1. The fourth-order valence-electron chi connectivity index (χ4n) is 4.29. The van der Waals surface area contributed by atoms with Crippen LogP contribution < -0.4 is 10.2 Å². The highest BCUT2D eigenvalue weighted by Gasteiger charge is 2.31. The highest BCUT2D eigenvalue weighted by atomic mass is 32.1. The molecule has 31 heavy (non-hydrogen) atoms. The number of nitrogens with one attached hydrogen (secondary N) is 1. The van der Waals surface area contributed by atoms with Crippen molar-refractivity contribution in [2.75, 3.05) is 18.0 Å². The summed E-state index contributed by atoms with van der Waals surface area (Å²) in [4.78, 5) is 7.08. The zero-order valence-electron chi connectivity index (χ0n) is 17.7. The lowest BCUT2D eigenvalue weighted by Crippen LogP contribution is -2.39. The Bertz CT molecular complexity index is 1080. The predicted octanol–water partition coefficient (Wildman–Crippen LogP) is 4.39. The maximum Gasteiger partial charge on any atom is 0.151 e. The van der Waals surface area contributed by atoms with E-state index in [1.54, 1.807) is 12.3 Å². The Balaban J connectivity index is 1.30. The average molecular weight is 440 g/mol. The number of hydrogen-bond acceptors (Lipinski definition) is 7. The van der Waals surface area contributed by atoms with Gasteiger partial charge in [-0.1, -0.05) is 0 Å². The summed E-state index contributed by atoms with van der Waals surface area (Å²) in [6, 6.07) is 7.49. The molecule has 5 rings (SSSR count). The van der Waals surface area contributed by atoms with E-state index >= 15 is 0 Å². The van der Waals surface area contributed by atoms with E-state index in [0.29, 0.717) is 33.8 Å². The van der Waals surface area contributed by atoms with Gasteiger partial charge in [0.05, 0.1) is 15.6 Å². The van der Waals surface area contributed by atoms with Gasteiger partial charge in [0, 0.05) is 42.5 Å². The number of aromatic nitrogens is 3. The first-order chi connectivity index (χ1) is 15.0. The molecule has 1 saturated heterocycles. The third-order valence-corrected chi connectivity index (χ3v) is 7.18. The van der Waals surface area contributed by atoms with Gasteiger partial charge in [-0.05, 0) is 63.3 Å². The molecule has 8 heteroatoms. The summed E-state index contributed by atoms with van der Waals surface area (Å²) in [5.41, 5.74) is 1.12. The maximum absolute atomic E-state index is 14.7. The third-order valence-electron chi connectivity index (χ3n) is 6.24. The SMILES string of the molecule is Cc1ncc(-c2cc(O)c(-c3ccc(N4CC[C@H](N[C@H](C)C5CC5)C4)nn3)cc2F)s1. The molecular formula is C23H26FN5OS. The maximum atomic E-state index is 14.7. The van der Waals surface area contributed by atoms with E-state index in [1.165, 1.54) is 36.3 Å². The van der Waals surface area contributed by atoms with Crippen LogP contribution in [0.2, 0.25) is 0 Å². The van der Waals surface area contributed by atoms with Gasteiger partial charge >= 0.3 is 0 Å². The second-order valence-electron chi connectivity index (χ2n) is 8.59. The summed E-state index contributed by atoms with van der Waals surface area (Å²) in [5, 5.41) is 23.7. The molecule has 1 aliphatic heterocycles. The highest BCUT2D eigenvalue weighted by Crippen LogP contribution is 2.37. The number of phenols is 1. The zero-order valence-corrected chi connectivity index (χ0v) is 18.5. The number of nitrogens with zero attached hydrogens (tertiary/aromatic N) is 4. The smallest absolute Gasteiger partial charge is 0.151 e. The number of benzene rings is 1. The Morgan fingerprint density at radius 1 is 1.19 bits per heavy atom. The van der Waals surface area contributed by atoms with E-state index in [0.717, 1.165) is 36.3 Å². The number of hydrogen-bond donors (Lipinski definition) is 2. The summed E-state index contributed by atoms with van der Waals surface area (Å²) in [6.07, 6.45) is 5.40. The van der Waals surface area contributed by atoms with E-state index in [2.05, 4.69) is 32.3 Å². The second kappa shape index (κ2) is 8.16. The quantitative estimate of drug-likeness (QED) is 0.594. The van der Waals surface area contributed by atoms with Crippen LogP contribution in [0.25, 0.3) is 21.7 Å².